The lowest BCUT2D eigenvalue weighted by Gasteiger charge is -2.28. The van der Waals surface area contributed by atoms with Crippen LogP contribution in [0.25, 0.3) is 0 Å². The van der Waals surface area contributed by atoms with Crippen LogP contribution in [0.1, 0.15) is 44.7 Å². The fraction of sp³-hybridized carbons (Fsp3) is 0.714. The molecule has 1 aliphatic rings. The third kappa shape index (κ3) is 3.18. The predicted octanol–water partition coefficient (Wildman–Crippen LogP) is 3.55. The van der Waals surface area contributed by atoms with Crippen LogP contribution in [0.4, 0.5) is 10.2 Å². The summed E-state index contributed by atoms with van der Waals surface area (Å²) in [7, 11) is 0. The Labute approximate surface area is 108 Å². The highest BCUT2D eigenvalue weighted by atomic mass is 19.1. The van der Waals surface area contributed by atoms with E-state index in [1.54, 1.807) is 6.92 Å². The topological polar surface area (TPSA) is 37.8 Å². The number of nitrogens with zero attached hydrogens (tertiary/aromatic N) is 2. The average molecular weight is 251 g/mol. The highest BCUT2D eigenvalue weighted by molar-refractivity contribution is 5.36. The van der Waals surface area contributed by atoms with E-state index in [-0.39, 0.29) is 5.82 Å². The van der Waals surface area contributed by atoms with E-state index >= 15 is 0 Å². The fourth-order valence-electron chi connectivity index (χ4n) is 2.67. The molecule has 1 aromatic rings. The molecule has 0 amide bonds. The molecule has 0 spiro atoms. The lowest BCUT2D eigenvalue weighted by Crippen LogP contribution is -2.21. The van der Waals surface area contributed by atoms with Gasteiger partial charge in [-0.25, -0.2) is 14.4 Å². The first kappa shape index (κ1) is 13.2. The molecule has 4 heteroatoms. The van der Waals surface area contributed by atoms with Gasteiger partial charge in [0.1, 0.15) is 6.33 Å². The van der Waals surface area contributed by atoms with Crippen molar-refractivity contribution >= 4 is 5.82 Å². The lowest BCUT2D eigenvalue weighted by molar-refractivity contribution is 0.278. The summed E-state index contributed by atoms with van der Waals surface area (Å²) in [5.41, 5.74) is 0.405. The predicted molar refractivity (Wildman–Crippen MR) is 71.0 cm³/mol. The molecular weight excluding hydrogens is 229 g/mol. The van der Waals surface area contributed by atoms with Gasteiger partial charge in [0.15, 0.2) is 11.6 Å². The highest BCUT2D eigenvalue weighted by Crippen LogP contribution is 2.30. The van der Waals surface area contributed by atoms with E-state index in [0.717, 1.165) is 12.5 Å². The van der Waals surface area contributed by atoms with Crippen molar-refractivity contribution in [3.8, 4) is 0 Å². The molecule has 18 heavy (non-hydrogen) atoms. The smallest absolute Gasteiger partial charge is 0.186 e. The second-order valence-electron chi connectivity index (χ2n) is 5.30. The molecule has 1 N–H and O–H groups in total. The highest BCUT2D eigenvalue weighted by Gasteiger charge is 2.20. The Bertz CT molecular complexity index is 387. The third-order valence-corrected chi connectivity index (χ3v) is 4.07. The van der Waals surface area contributed by atoms with Crippen molar-refractivity contribution in [1.29, 1.82) is 0 Å². The maximum Gasteiger partial charge on any atom is 0.186 e. The minimum Gasteiger partial charge on any atom is -0.367 e. The Kier molecular flexibility index (Phi) is 4.50. The van der Waals surface area contributed by atoms with Crippen LogP contribution < -0.4 is 5.32 Å². The Balaban J connectivity index is 1.83. The Morgan fingerprint density at radius 1 is 1.22 bits per heavy atom. The molecule has 0 saturated heterocycles. The monoisotopic (exact) mass is 251 g/mol. The maximum absolute atomic E-state index is 13.7. The van der Waals surface area contributed by atoms with Crippen molar-refractivity contribution in [3.05, 3.63) is 17.8 Å². The van der Waals surface area contributed by atoms with Gasteiger partial charge in [0.25, 0.3) is 0 Å². The van der Waals surface area contributed by atoms with E-state index in [2.05, 4.69) is 22.2 Å². The molecule has 0 bridgehead atoms. The van der Waals surface area contributed by atoms with Gasteiger partial charge in [0.2, 0.25) is 0 Å². The van der Waals surface area contributed by atoms with Crippen molar-refractivity contribution in [2.75, 3.05) is 11.9 Å². The fourth-order valence-corrected chi connectivity index (χ4v) is 2.67. The van der Waals surface area contributed by atoms with E-state index in [9.17, 15) is 4.39 Å². The molecule has 0 unspecified atom stereocenters. The molecule has 3 nitrogen and oxygen atoms in total. The quantitative estimate of drug-likeness (QED) is 0.889. The van der Waals surface area contributed by atoms with Crippen molar-refractivity contribution in [3.63, 3.8) is 0 Å². The number of nitrogens with one attached hydrogen (secondary N) is 1. The maximum atomic E-state index is 13.7. The summed E-state index contributed by atoms with van der Waals surface area (Å²) in [6, 6.07) is 0. The van der Waals surface area contributed by atoms with Gasteiger partial charge in [-0.1, -0.05) is 26.2 Å². The number of hydrogen-bond acceptors (Lipinski definition) is 3. The van der Waals surface area contributed by atoms with Crippen LogP contribution in [0.5, 0.6) is 0 Å². The Morgan fingerprint density at radius 2 is 1.89 bits per heavy atom. The minimum atomic E-state index is -0.320. The van der Waals surface area contributed by atoms with E-state index in [1.807, 2.05) is 0 Å². The van der Waals surface area contributed by atoms with Crippen molar-refractivity contribution < 1.29 is 4.39 Å². The molecule has 1 aromatic heterocycles. The molecule has 0 radical (unpaired) electrons. The zero-order chi connectivity index (χ0) is 13.0. The molecule has 1 aliphatic carbocycles. The minimum absolute atomic E-state index is 0.320. The van der Waals surface area contributed by atoms with Crippen molar-refractivity contribution in [2.24, 2.45) is 11.8 Å². The van der Waals surface area contributed by atoms with Crippen LogP contribution in [0.2, 0.25) is 0 Å². The normalized spacial score (nSPS) is 23.9. The van der Waals surface area contributed by atoms with Gasteiger partial charge in [0.05, 0.1) is 5.69 Å². The summed E-state index contributed by atoms with van der Waals surface area (Å²) in [5.74, 6) is 1.58. The van der Waals surface area contributed by atoms with Crippen LogP contribution in [-0.4, -0.2) is 16.5 Å². The molecule has 0 atom stereocenters. The number of anilines is 1. The summed E-state index contributed by atoms with van der Waals surface area (Å²) in [5, 5.41) is 3.13. The SMILES string of the molecule is CCC1CCC(CNc2ncnc(C)c2F)CC1. The van der Waals surface area contributed by atoms with Crippen LogP contribution in [0.3, 0.4) is 0 Å². The summed E-state index contributed by atoms with van der Waals surface area (Å²) < 4.78 is 13.7. The van der Waals surface area contributed by atoms with Gasteiger partial charge in [-0.05, 0) is 31.6 Å². The zero-order valence-electron chi connectivity index (χ0n) is 11.2. The van der Waals surface area contributed by atoms with Gasteiger partial charge in [-0.15, -0.1) is 0 Å². The first-order valence-electron chi connectivity index (χ1n) is 6.91. The molecule has 1 heterocycles. The van der Waals surface area contributed by atoms with Crippen molar-refractivity contribution in [1.82, 2.24) is 9.97 Å². The van der Waals surface area contributed by atoms with E-state index in [0.29, 0.717) is 17.4 Å². The zero-order valence-corrected chi connectivity index (χ0v) is 11.2. The van der Waals surface area contributed by atoms with Gasteiger partial charge in [-0.2, -0.15) is 0 Å². The molecule has 100 valence electrons. The summed E-state index contributed by atoms with van der Waals surface area (Å²) in [6.45, 7) is 4.75. The number of hydrogen-bond donors (Lipinski definition) is 1. The largest absolute Gasteiger partial charge is 0.367 e. The Hall–Kier alpha value is -1.19. The van der Waals surface area contributed by atoms with Gasteiger partial charge >= 0.3 is 0 Å². The molecule has 2 rings (SSSR count). The molecule has 0 aromatic carbocycles. The average Bonchev–Trinajstić information content (AvgIpc) is 2.41. The second-order valence-corrected chi connectivity index (χ2v) is 5.30. The summed E-state index contributed by atoms with van der Waals surface area (Å²) in [4.78, 5) is 7.79. The van der Waals surface area contributed by atoms with Crippen LogP contribution in [0, 0.1) is 24.6 Å². The molecule has 1 fully saturated rings. The standard InChI is InChI=1S/C14H22FN3/c1-3-11-4-6-12(7-5-11)8-16-14-13(15)10(2)17-9-18-14/h9,11-12H,3-8H2,1-2H3,(H,16,17,18). The molecule has 1 saturated carbocycles. The van der Waals surface area contributed by atoms with E-state index < -0.39 is 0 Å². The number of rotatable bonds is 4. The first-order chi connectivity index (χ1) is 8.70. The van der Waals surface area contributed by atoms with Gasteiger partial charge in [0, 0.05) is 6.54 Å². The first-order valence-corrected chi connectivity index (χ1v) is 6.91. The van der Waals surface area contributed by atoms with Crippen molar-refractivity contribution in [2.45, 2.75) is 46.0 Å². The van der Waals surface area contributed by atoms with Crippen LogP contribution in [-0.2, 0) is 0 Å². The van der Waals surface area contributed by atoms with Crippen LogP contribution in [0.15, 0.2) is 6.33 Å². The van der Waals surface area contributed by atoms with Gasteiger partial charge in [-0.3, -0.25) is 0 Å². The third-order valence-electron chi connectivity index (χ3n) is 4.07. The number of halogens is 1. The number of aromatic nitrogens is 2. The lowest BCUT2D eigenvalue weighted by atomic mass is 9.81. The van der Waals surface area contributed by atoms with E-state index in [1.165, 1.54) is 38.4 Å². The summed E-state index contributed by atoms with van der Waals surface area (Å²) in [6.07, 6.45) is 7.82. The van der Waals surface area contributed by atoms with Crippen LogP contribution >= 0.6 is 0 Å². The second kappa shape index (κ2) is 6.12. The Morgan fingerprint density at radius 3 is 2.56 bits per heavy atom. The van der Waals surface area contributed by atoms with Gasteiger partial charge < -0.3 is 5.32 Å². The number of aryl methyl sites for hydroxylation is 1. The van der Waals surface area contributed by atoms with E-state index in [4.69, 9.17) is 0 Å². The molecule has 0 aliphatic heterocycles. The summed E-state index contributed by atoms with van der Waals surface area (Å²) >= 11 is 0. The molecular formula is C14H22FN3.